The first-order valence-electron chi connectivity index (χ1n) is 20.5. The molecular formula is C46H64ClNO6. The lowest BCUT2D eigenvalue weighted by molar-refractivity contribution is -0.232. The van der Waals surface area contributed by atoms with E-state index >= 15 is 0 Å². The van der Waals surface area contributed by atoms with E-state index in [1.165, 1.54) is 5.57 Å². The van der Waals surface area contributed by atoms with Gasteiger partial charge in [-0.3, -0.25) is 19.2 Å². The summed E-state index contributed by atoms with van der Waals surface area (Å²) in [4.78, 5) is 52.3. The predicted molar refractivity (Wildman–Crippen MR) is 212 cm³/mol. The molecule has 1 aromatic carbocycles. The third kappa shape index (κ3) is 6.50. The van der Waals surface area contributed by atoms with Crippen LogP contribution < -0.4 is 5.32 Å². The first kappa shape index (κ1) is 40.7. The van der Waals surface area contributed by atoms with Gasteiger partial charge in [-0.25, -0.2) is 0 Å². The summed E-state index contributed by atoms with van der Waals surface area (Å²) in [6.07, 6.45) is 11.6. The molecule has 8 heteroatoms. The van der Waals surface area contributed by atoms with E-state index < -0.39 is 22.8 Å². The van der Waals surface area contributed by atoms with E-state index in [1.54, 1.807) is 19.9 Å². The average molecular weight is 762 g/mol. The molecule has 4 saturated carbocycles. The van der Waals surface area contributed by atoms with Gasteiger partial charge in [0.05, 0.1) is 17.9 Å². The summed E-state index contributed by atoms with van der Waals surface area (Å²) in [6, 6.07) is 7.35. The number of hydrogen-bond donors (Lipinski definition) is 2. The molecule has 4 fully saturated rings. The first-order valence-corrected chi connectivity index (χ1v) is 20.9. The van der Waals surface area contributed by atoms with Crippen molar-refractivity contribution in [2.45, 2.75) is 146 Å². The van der Waals surface area contributed by atoms with Crippen LogP contribution in [0.4, 0.5) is 0 Å². The lowest BCUT2D eigenvalue weighted by atomic mass is 9.33. The van der Waals surface area contributed by atoms with Crippen molar-refractivity contribution in [2.24, 2.45) is 56.2 Å². The number of ketones is 1. The molecule has 296 valence electrons. The van der Waals surface area contributed by atoms with Crippen molar-refractivity contribution < 1.29 is 29.0 Å². The number of ether oxygens (including phenoxy) is 1. The van der Waals surface area contributed by atoms with E-state index in [0.717, 1.165) is 62.5 Å². The summed E-state index contributed by atoms with van der Waals surface area (Å²) in [5, 5.41) is 13.4. The van der Waals surface area contributed by atoms with Gasteiger partial charge in [0.1, 0.15) is 6.10 Å². The standard InChI is InChI=1S/C46H64ClNO6/c1-27(2)38-32(49)25-46(21-18-36(50)48-28(3)29-12-11-13-30(47)24-29)23-22-44(9)31(39(38)46)14-15-34-43(8)19-17-35(54-37(51)26-41(4,5)40(52)53)42(6,7)33(43)16-20-45(34,44)10/h11-13,18,21,24,27-28,31,33-35H,14-17,19-20,22-23,25-26H2,1-10H3,(H,48,50)(H,52,53)/b21-18+/t28-,31+,33-,34+,35-,43-,44+,45+,46-/m0/s1. The molecule has 0 aromatic heterocycles. The Labute approximate surface area is 328 Å². The van der Waals surface area contributed by atoms with Crippen LogP contribution in [0.2, 0.25) is 5.02 Å². The Morgan fingerprint density at radius 3 is 2.31 bits per heavy atom. The average Bonchev–Trinajstić information content (AvgIpc) is 3.37. The summed E-state index contributed by atoms with van der Waals surface area (Å²) in [7, 11) is 0. The first-order chi connectivity index (χ1) is 25.0. The number of amides is 1. The Morgan fingerprint density at radius 1 is 0.963 bits per heavy atom. The molecule has 0 bridgehead atoms. The number of Topliss-reactive ketones (excluding diaryl/α,β-unsaturated/α-hetero) is 1. The van der Waals surface area contributed by atoms with Gasteiger partial charge in [-0.15, -0.1) is 0 Å². The lowest BCUT2D eigenvalue weighted by Crippen LogP contribution is -2.65. The van der Waals surface area contributed by atoms with E-state index in [-0.39, 0.29) is 63.8 Å². The van der Waals surface area contributed by atoms with Crippen molar-refractivity contribution >= 4 is 35.2 Å². The van der Waals surface area contributed by atoms with E-state index in [0.29, 0.717) is 23.3 Å². The number of carbonyl (C=O) groups is 4. The van der Waals surface area contributed by atoms with Gasteiger partial charge in [0, 0.05) is 22.3 Å². The molecule has 0 heterocycles. The van der Waals surface area contributed by atoms with Crippen molar-refractivity contribution in [1.82, 2.24) is 5.32 Å². The Kier molecular flexibility index (Phi) is 10.5. The number of fused-ring (bicyclic) bond motifs is 7. The van der Waals surface area contributed by atoms with Gasteiger partial charge in [0.2, 0.25) is 5.91 Å². The molecule has 7 nitrogen and oxygen atoms in total. The zero-order valence-electron chi connectivity index (χ0n) is 34.4. The number of benzene rings is 1. The molecule has 2 N–H and O–H groups in total. The minimum absolute atomic E-state index is 0.0133. The monoisotopic (exact) mass is 761 g/mol. The number of halogens is 1. The molecule has 1 amide bonds. The molecular weight excluding hydrogens is 698 g/mol. The Morgan fingerprint density at radius 2 is 1.67 bits per heavy atom. The maximum atomic E-state index is 14.0. The van der Waals surface area contributed by atoms with Crippen LogP contribution in [0.1, 0.15) is 145 Å². The van der Waals surface area contributed by atoms with E-state index in [1.807, 2.05) is 31.2 Å². The van der Waals surface area contributed by atoms with Crippen molar-refractivity contribution in [3.63, 3.8) is 0 Å². The predicted octanol–water partition coefficient (Wildman–Crippen LogP) is 10.5. The summed E-state index contributed by atoms with van der Waals surface area (Å²) in [5.41, 5.74) is 1.48. The van der Waals surface area contributed by atoms with E-state index in [9.17, 15) is 24.3 Å². The van der Waals surface area contributed by atoms with Crippen LogP contribution in [0.25, 0.3) is 0 Å². The molecule has 0 radical (unpaired) electrons. The summed E-state index contributed by atoms with van der Waals surface area (Å²) >= 11 is 6.23. The fraction of sp³-hybridized carbons (Fsp3) is 0.696. The van der Waals surface area contributed by atoms with Gasteiger partial charge in [0.25, 0.3) is 0 Å². The number of hydrogen-bond acceptors (Lipinski definition) is 5. The van der Waals surface area contributed by atoms with Crippen LogP contribution in [0.15, 0.2) is 47.6 Å². The number of aliphatic carboxylic acids is 1. The maximum absolute atomic E-state index is 14.0. The summed E-state index contributed by atoms with van der Waals surface area (Å²) in [6.45, 7) is 21.5. The molecule has 0 spiro atoms. The highest BCUT2D eigenvalue weighted by Gasteiger charge is 2.70. The maximum Gasteiger partial charge on any atom is 0.309 e. The SMILES string of the molecule is CC(C)C1=C2[C@H]3CC[C@@H]4[C@@]5(C)CC[C@H](OC(=O)CC(C)(C)C(=O)O)C(C)(C)[C@@H]5CC[C@@]4(C)[C@]3(C)CC[C@@]2(/C=C/C(=O)N[C@@H](C)c2cccc(Cl)c2)CC1=O. The minimum atomic E-state index is -1.17. The van der Waals surface area contributed by atoms with Crippen LogP contribution >= 0.6 is 11.6 Å². The Balaban J connectivity index is 1.26. The third-order valence-electron chi connectivity index (χ3n) is 16.1. The van der Waals surface area contributed by atoms with Crippen molar-refractivity contribution in [3.05, 3.63) is 58.1 Å². The number of carboxylic acids is 1. The lowest BCUT2D eigenvalue weighted by Gasteiger charge is -2.72. The van der Waals surface area contributed by atoms with Gasteiger partial charge in [-0.2, -0.15) is 0 Å². The normalized spacial score (nSPS) is 36.6. The fourth-order valence-electron chi connectivity index (χ4n) is 13.0. The quantitative estimate of drug-likeness (QED) is 0.192. The Bertz CT molecular complexity index is 1770. The molecule has 9 atom stereocenters. The van der Waals surface area contributed by atoms with E-state index in [2.05, 4.69) is 59.9 Å². The number of rotatable bonds is 9. The van der Waals surface area contributed by atoms with E-state index in [4.69, 9.17) is 16.3 Å². The van der Waals surface area contributed by atoms with Crippen LogP contribution in [0.3, 0.4) is 0 Å². The largest absolute Gasteiger partial charge is 0.481 e. The molecule has 54 heavy (non-hydrogen) atoms. The number of nitrogens with one attached hydrogen (secondary N) is 1. The van der Waals surface area contributed by atoms with Crippen LogP contribution in [0, 0.1) is 56.2 Å². The second kappa shape index (κ2) is 13.9. The van der Waals surface area contributed by atoms with Gasteiger partial charge in [-0.1, -0.05) is 78.3 Å². The second-order valence-corrected chi connectivity index (χ2v) is 20.6. The molecule has 1 aromatic rings. The highest BCUT2D eigenvalue weighted by Crippen LogP contribution is 2.77. The van der Waals surface area contributed by atoms with Crippen molar-refractivity contribution in [1.29, 1.82) is 0 Å². The van der Waals surface area contributed by atoms with Gasteiger partial charge >= 0.3 is 11.9 Å². The molecule has 5 aliphatic rings. The zero-order valence-corrected chi connectivity index (χ0v) is 35.1. The van der Waals surface area contributed by atoms with Crippen LogP contribution in [0.5, 0.6) is 0 Å². The molecule has 0 saturated heterocycles. The smallest absolute Gasteiger partial charge is 0.309 e. The number of esters is 1. The molecule has 5 aliphatic carbocycles. The Hall–Kier alpha value is -2.93. The zero-order chi connectivity index (χ0) is 39.8. The summed E-state index contributed by atoms with van der Waals surface area (Å²) in [5.74, 6) is -0.126. The number of carboxylic acid groups (broad SMARTS) is 1. The van der Waals surface area contributed by atoms with Crippen LogP contribution in [-0.4, -0.2) is 34.8 Å². The molecule has 0 unspecified atom stereocenters. The minimum Gasteiger partial charge on any atom is -0.481 e. The van der Waals surface area contributed by atoms with Gasteiger partial charge in [-0.05, 0) is 147 Å². The number of allylic oxidation sites excluding steroid dienone is 3. The van der Waals surface area contributed by atoms with Gasteiger partial charge in [0.15, 0.2) is 5.78 Å². The molecule has 6 rings (SSSR count). The second-order valence-electron chi connectivity index (χ2n) is 20.2. The third-order valence-corrected chi connectivity index (χ3v) is 16.4. The topological polar surface area (TPSA) is 110 Å². The van der Waals surface area contributed by atoms with Crippen molar-refractivity contribution in [3.8, 4) is 0 Å². The van der Waals surface area contributed by atoms with Crippen LogP contribution in [-0.2, 0) is 23.9 Å². The van der Waals surface area contributed by atoms with Gasteiger partial charge < -0.3 is 15.2 Å². The highest BCUT2D eigenvalue weighted by molar-refractivity contribution is 6.30. The summed E-state index contributed by atoms with van der Waals surface area (Å²) < 4.78 is 6.16. The van der Waals surface area contributed by atoms with Crippen molar-refractivity contribution in [2.75, 3.05) is 0 Å². The molecule has 0 aliphatic heterocycles. The number of carbonyl (C=O) groups excluding carboxylic acids is 3. The fourth-order valence-corrected chi connectivity index (χ4v) is 13.2. The highest BCUT2D eigenvalue weighted by atomic mass is 35.5.